The van der Waals surface area contributed by atoms with E-state index in [4.69, 9.17) is 4.99 Å². The first-order chi connectivity index (χ1) is 13.5. The molecular formula is C21H31N5O2. The number of benzene rings is 1. The second-order valence-electron chi connectivity index (χ2n) is 6.80. The Hall–Kier alpha value is -2.83. The Bertz CT molecular complexity index is 699. The highest BCUT2D eigenvalue weighted by atomic mass is 16.2. The molecule has 1 aromatic rings. The molecule has 0 aromatic heterocycles. The molecule has 0 saturated carbocycles. The normalized spacial score (nSPS) is 14.4. The predicted octanol–water partition coefficient (Wildman–Crippen LogP) is 1.62. The van der Waals surface area contributed by atoms with E-state index >= 15 is 0 Å². The van der Waals surface area contributed by atoms with Gasteiger partial charge in [0.05, 0.1) is 13.1 Å². The maximum absolute atomic E-state index is 12.5. The number of piperazine rings is 1. The zero-order valence-corrected chi connectivity index (χ0v) is 16.9. The molecular weight excluding hydrogens is 354 g/mol. The molecule has 0 spiro atoms. The molecule has 1 heterocycles. The fourth-order valence-corrected chi connectivity index (χ4v) is 2.96. The van der Waals surface area contributed by atoms with Crippen LogP contribution in [-0.2, 0) is 11.3 Å². The first-order valence-electron chi connectivity index (χ1n) is 9.80. The van der Waals surface area contributed by atoms with Gasteiger partial charge in [0, 0.05) is 38.8 Å². The van der Waals surface area contributed by atoms with Crippen molar-refractivity contribution in [1.29, 1.82) is 0 Å². The fourth-order valence-electron chi connectivity index (χ4n) is 2.96. The van der Waals surface area contributed by atoms with Crippen LogP contribution in [0.5, 0.6) is 0 Å². The summed E-state index contributed by atoms with van der Waals surface area (Å²) < 4.78 is 0. The number of rotatable bonds is 8. The molecule has 1 aliphatic heterocycles. The molecule has 28 heavy (non-hydrogen) atoms. The molecule has 1 saturated heterocycles. The minimum atomic E-state index is -0.112. The Morgan fingerprint density at radius 1 is 1.39 bits per heavy atom. The molecule has 2 N–H and O–H groups in total. The van der Waals surface area contributed by atoms with Crippen molar-refractivity contribution in [2.45, 2.75) is 26.3 Å². The van der Waals surface area contributed by atoms with E-state index in [1.54, 1.807) is 17.0 Å². The maximum Gasteiger partial charge on any atom is 0.254 e. The predicted molar refractivity (Wildman–Crippen MR) is 112 cm³/mol. The summed E-state index contributed by atoms with van der Waals surface area (Å²) in [6.07, 6.45) is 3.95. The number of amides is 2. The highest BCUT2D eigenvalue weighted by molar-refractivity contribution is 5.97. The zero-order valence-electron chi connectivity index (χ0n) is 16.9. The van der Waals surface area contributed by atoms with Crippen LogP contribution >= 0.6 is 0 Å². The lowest BCUT2D eigenvalue weighted by Crippen LogP contribution is -2.49. The summed E-state index contributed by atoms with van der Waals surface area (Å²) >= 11 is 0. The average Bonchev–Trinajstić information content (AvgIpc) is 2.71. The van der Waals surface area contributed by atoms with Gasteiger partial charge >= 0.3 is 0 Å². The molecule has 1 aromatic carbocycles. The number of aliphatic imine (C=N–C) groups is 1. The number of unbranched alkanes of at least 4 members (excludes halogenated alkanes) is 1. The summed E-state index contributed by atoms with van der Waals surface area (Å²) in [6.45, 7) is 9.23. The second-order valence-corrected chi connectivity index (χ2v) is 6.80. The van der Waals surface area contributed by atoms with Crippen LogP contribution in [0, 0.1) is 0 Å². The molecule has 0 radical (unpaired) electrons. The van der Waals surface area contributed by atoms with Gasteiger partial charge in [-0.2, -0.15) is 0 Å². The van der Waals surface area contributed by atoms with Crippen molar-refractivity contribution in [2.24, 2.45) is 4.99 Å². The van der Waals surface area contributed by atoms with Crippen LogP contribution in [0.3, 0.4) is 0 Å². The number of hydrogen-bond donors (Lipinski definition) is 2. The first kappa shape index (κ1) is 21.5. The molecule has 0 bridgehead atoms. The lowest BCUT2D eigenvalue weighted by atomic mass is 10.1. The van der Waals surface area contributed by atoms with Crippen molar-refractivity contribution in [3.8, 4) is 0 Å². The second kappa shape index (κ2) is 11.1. The van der Waals surface area contributed by atoms with E-state index in [2.05, 4.69) is 22.1 Å². The van der Waals surface area contributed by atoms with Crippen LogP contribution in [0.4, 0.5) is 0 Å². The largest absolute Gasteiger partial charge is 0.357 e. The Morgan fingerprint density at radius 2 is 2.14 bits per heavy atom. The Kier molecular flexibility index (Phi) is 8.52. The summed E-state index contributed by atoms with van der Waals surface area (Å²) in [5.41, 5.74) is 1.62. The van der Waals surface area contributed by atoms with Gasteiger partial charge in [-0.15, -0.1) is 6.58 Å². The van der Waals surface area contributed by atoms with E-state index in [1.165, 1.54) is 0 Å². The number of nitrogens with one attached hydrogen (secondary N) is 2. The summed E-state index contributed by atoms with van der Waals surface area (Å²) in [6, 6.07) is 7.45. The lowest BCUT2D eigenvalue weighted by molar-refractivity contribution is -0.123. The van der Waals surface area contributed by atoms with Crippen molar-refractivity contribution in [3.05, 3.63) is 48.0 Å². The molecule has 7 nitrogen and oxygen atoms in total. The molecule has 152 valence electrons. The van der Waals surface area contributed by atoms with E-state index in [0.717, 1.165) is 37.5 Å². The monoisotopic (exact) mass is 385 g/mol. The lowest BCUT2D eigenvalue weighted by Gasteiger charge is -2.26. The number of allylic oxidation sites excluding steroid dienone is 1. The molecule has 2 amide bonds. The number of carbonyl (C=O) groups excluding carboxylic acids is 2. The summed E-state index contributed by atoms with van der Waals surface area (Å²) in [7, 11) is 2.03. The average molecular weight is 386 g/mol. The topological polar surface area (TPSA) is 77.0 Å². The van der Waals surface area contributed by atoms with Crippen molar-refractivity contribution in [1.82, 2.24) is 20.4 Å². The Labute approximate surface area is 167 Å². The number of hydrogen-bond acceptors (Lipinski definition) is 3. The molecule has 0 unspecified atom stereocenters. The molecule has 0 aliphatic carbocycles. The summed E-state index contributed by atoms with van der Waals surface area (Å²) in [4.78, 5) is 32.4. The molecule has 1 fully saturated rings. The van der Waals surface area contributed by atoms with E-state index in [0.29, 0.717) is 25.2 Å². The SMILES string of the molecule is C=CCCCN(C)C(=NCc1ccc(C(=O)N2CCNC(=O)C2)cc1)NCC. The standard InChI is InChI=1S/C21H31N5O2/c1-4-6-7-13-25(3)21(22-5-2)24-15-17-8-10-18(11-9-17)20(28)26-14-12-23-19(27)16-26/h4,8-11H,1,5-7,12-16H2,2-3H3,(H,22,24)(H,23,27). The summed E-state index contributed by atoms with van der Waals surface area (Å²) in [5.74, 6) is 0.643. The van der Waals surface area contributed by atoms with Crippen molar-refractivity contribution in [2.75, 3.05) is 39.8 Å². The van der Waals surface area contributed by atoms with Crippen molar-refractivity contribution in [3.63, 3.8) is 0 Å². The van der Waals surface area contributed by atoms with Gasteiger partial charge in [0.15, 0.2) is 5.96 Å². The Balaban J connectivity index is 1.97. The highest BCUT2D eigenvalue weighted by Crippen LogP contribution is 2.10. The van der Waals surface area contributed by atoms with Crippen molar-refractivity contribution < 1.29 is 9.59 Å². The summed E-state index contributed by atoms with van der Waals surface area (Å²) in [5, 5.41) is 6.04. The van der Waals surface area contributed by atoms with Crippen LogP contribution < -0.4 is 10.6 Å². The van der Waals surface area contributed by atoms with Gasteiger partial charge < -0.3 is 20.4 Å². The van der Waals surface area contributed by atoms with E-state index in [-0.39, 0.29) is 18.4 Å². The van der Waals surface area contributed by atoms with Crippen LogP contribution in [0.1, 0.15) is 35.7 Å². The highest BCUT2D eigenvalue weighted by Gasteiger charge is 2.22. The third-order valence-corrected chi connectivity index (χ3v) is 4.54. The van der Waals surface area contributed by atoms with Crippen LogP contribution in [-0.4, -0.2) is 67.3 Å². The van der Waals surface area contributed by atoms with Gasteiger partial charge in [-0.25, -0.2) is 4.99 Å². The van der Waals surface area contributed by atoms with E-state index in [1.807, 2.05) is 32.2 Å². The fraction of sp³-hybridized carbons (Fsp3) is 0.476. The zero-order chi connectivity index (χ0) is 20.4. The third-order valence-electron chi connectivity index (χ3n) is 4.54. The molecule has 7 heteroatoms. The van der Waals surface area contributed by atoms with Gasteiger partial charge in [0.25, 0.3) is 5.91 Å². The van der Waals surface area contributed by atoms with E-state index < -0.39 is 0 Å². The Morgan fingerprint density at radius 3 is 2.79 bits per heavy atom. The molecule has 0 atom stereocenters. The first-order valence-corrected chi connectivity index (χ1v) is 9.80. The van der Waals surface area contributed by atoms with Gasteiger partial charge in [-0.05, 0) is 37.5 Å². The quantitative estimate of drug-likeness (QED) is 0.309. The van der Waals surface area contributed by atoms with Gasteiger partial charge in [0.1, 0.15) is 0 Å². The van der Waals surface area contributed by atoms with Gasteiger partial charge in [-0.3, -0.25) is 9.59 Å². The number of nitrogens with zero attached hydrogens (tertiary/aromatic N) is 3. The molecule has 1 aliphatic rings. The van der Waals surface area contributed by atoms with Gasteiger partial charge in [-0.1, -0.05) is 18.2 Å². The smallest absolute Gasteiger partial charge is 0.254 e. The van der Waals surface area contributed by atoms with Crippen LogP contribution in [0.2, 0.25) is 0 Å². The number of guanidine groups is 1. The van der Waals surface area contributed by atoms with Gasteiger partial charge in [0.2, 0.25) is 5.91 Å². The maximum atomic E-state index is 12.5. The van der Waals surface area contributed by atoms with Crippen molar-refractivity contribution >= 4 is 17.8 Å². The molecule has 2 rings (SSSR count). The third kappa shape index (κ3) is 6.40. The van der Waals surface area contributed by atoms with Crippen LogP contribution in [0.15, 0.2) is 41.9 Å². The van der Waals surface area contributed by atoms with Crippen LogP contribution in [0.25, 0.3) is 0 Å². The minimum absolute atomic E-state index is 0.111. The minimum Gasteiger partial charge on any atom is -0.357 e. The van der Waals surface area contributed by atoms with E-state index in [9.17, 15) is 9.59 Å². The number of carbonyl (C=O) groups is 2.